The van der Waals surface area contributed by atoms with Gasteiger partial charge in [0.1, 0.15) is 34.1 Å². The second-order valence-electron chi connectivity index (χ2n) is 13.6. The third kappa shape index (κ3) is 7.32. The maximum atomic E-state index is 13.6. The van der Waals surface area contributed by atoms with Crippen LogP contribution in [0, 0.1) is 13.8 Å². The molecule has 0 aliphatic carbocycles. The summed E-state index contributed by atoms with van der Waals surface area (Å²) in [6, 6.07) is 10.1. The summed E-state index contributed by atoms with van der Waals surface area (Å²) in [7, 11) is 1.48. The molecule has 0 saturated carbocycles. The SMILES string of the molecule is CCn1nc(C)cc1C(=O)Nc1nc2cc(C(N)=O)cc(OC)c2n1CC=CCn1c2nc(-c3cc(C)nn3CC)ncc2c2cc(C(N)=O)cc(OCCCN)c21. The minimum atomic E-state index is -0.649. The van der Waals surface area contributed by atoms with Crippen molar-refractivity contribution in [2.24, 2.45) is 17.2 Å². The minimum Gasteiger partial charge on any atom is -0.494 e. The summed E-state index contributed by atoms with van der Waals surface area (Å²) in [5, 5.41) is 13.3. The molecule has 0 aliphatic rings. The standard InChI is InChI=1S/C40H45N13O5/c1-6-52-29(15-22(3)48-52)37-44-21-27-26-17-24(35(42)54)20-32(58-14-10-11-41)33(26)50(38(27)46-37)12-8-9-13-51-34-28(18-25(36(43)55)19-31(34)57-5)45-40(51)47-39(56)30-16-23(4)49-53(30)7-2/h8-9,15-21H,6-7,10-14,41H2,1-5H3,(H2,42,54)(H2,43,55)(H,45,47,56). The molecule has 18 heteroatoms. The molecule has 3 amide bonds. The van der Waals surface area contributed by atoms with E-state index in [1.165, 1.54) is 7.11 Å². The molecule has 0 atom stereocenters. The van der Waals surface area contributed by atoms with E-state index in [2.05, 4.69) is 15.5 Å². The normalized spacial score (nSPS) is 11.7. The molecule has 7 N–H and O–H groups in total. The van der Waals surface area contributed by atoms with Crippen LogP contribution in [-0.2, 0) is 26.2 Å². The lowest BCUT2D eigenvalue weighted by atomic mass is 10.1. The number of rotatable bonds is 16. The Morgan fingerprint density at radius 1 is 0.810 bits per heavy atom. The molecule has 0 aliphatic heterocycles. The first-order chi connectivity index (χ1) is 28.0. The average Bonchev–Trinajstić information content (AvgIpc) is 3.97. The van der Waals surface area contributed by atoms with Gasteiger partial charge in [-0.2, -0.15) is 10.2 Å². The molecule has 0 bridgehead atoms. The Hall–Kier alpha value is -7.08. The molecule has 300 valence electrons. The molecule has 18 nitrogen and oxygen atoms in total. The zero-order valence-electron chi connectivity index (χ0n) is 32.9. The summed E-state index contributed by atoms with van der Waals surface area (Å²) in [6.45, 7) is 10.0. The van der Waals surface area contributed by atoms with Crippen LogP contribution < -0.4 is 32.0 Å². The maximum absolute atomic E-state index is 13.6. The van der Waals surface area contributed by atoms with Gasteiger partial charge >= 0.3 is 0 Å². The summed E-state index contributed by atoms with van der Waals surface area (Å²) >= 11 is 0. The molecule has 58 heavy (non-hydrogen) atoms. The Morgan fingerprint density at radius 3 is 2.17 bits per heavy atom. The zero-order chi connectivity index (χ0) is 41.2. The van der Waals surface area contributed by atoms with E-state index in [1.54, 1.807) is 45.8 Å². The second kappa shape index (κ2) is 16.2. The second-order valence-corrected chi connectivity index (χ2v) is 13.6. The molecule has 5 aromatic heterocycles. The molecule has 0 radical (unpaired) electrons. The van der Waals surface area contributed by atoms with E-state index >= 15 is 0 Å². The first-order valence-corrected chi connectivity index (χ1v) is 18.8. The highest BCUT2D eigenvalue weighted by Gasteiger charge is 2.23. The van der Waals surface area contributed by atoms with Crippen molar-refractivity contribution in [3.63, 3.8) is 0 Å². The van der Waals surface area contributed by atoms with E-state index in [9.17, 15) is 14.4 Å². The van der Waals surface area contributed by atoms with Gasteiger partial charge < -0.3 is 35.8 Å². The van der Waals surface area contributed by atoms with Gasteiger partial charge in [0.2, 0.25) is 17.8 Å². The zero-order valence-corrected chi connectivity index (χ0v) is 32.9. The van der Waals surface area contributed by atoms with Gasteiger partial charge in [0.05, 0.1) is 36.1 Å². The van der Waals surface area contributed by atoms with Crippen LogP contribution in [0.4, 0.5) is 5.95 Å². The van der Waals surface area contributed by atoms with Crippen molar-refractivity contribution in [3.05, 3.63) is 83.0 Å². The number of carbonyl (C=O) groups excluding carboxylic acids is 3. The van der Waals surface area contributed by atoms with Crippen LogP contribution in [0.2, 0.25) is 0 Å². The van der Waals surface area contributed by atoms with Crippen molar-refractivity contribution in [1.29, 1.82) is 0 Å². The molecular formula is C40H45N13O5. The number of imidazole rings is 1. The number of aromatic nitrogens is 9. The number of nitrogens with two attached hydrogens (primary N) is 3. The lowest BCUT2D eigenvalue weighted by Crippen LogP contribution is -2.20. The number of nitrogens with one attached hydrogen (secondary N) is 1. The summed E-state index contributed by atoms with van der Waals surface area (Å²) in [6.07, 6.45) is 6.20. The van der Waals surface area contributed by atoms with E-state index in [-0.39, 0.29) is 23.6 Å². The highest BCUT2D eigenvalue weighted by atomic mass is 16.5. The number of anilines is 1. The molecule has 7 rings (SSSR count). The van der Waals surface area contributed by atoms with Gasteiger partial charge in [-0.25, -0.2) is 15.0 Å². The number of hydrogen-bond donors (Lipinski definition) is 4. The van der Waals surface area contributed by atoms with E-state index in [1.807, 2.05) is 55.2 Å². The van der Waals surface area contributed by atoms with Crippen molar-refractivity contribution < 1.29 is 23.9 Å². The van der Waals surface area contributed by atoms with E-state index in [0.29, 0.717) is 101 Å². The molecular weight excluding hydrogens is 743 g/mol. The lowest BCUT2D eigenvalue weighted by Gasteiger charge is -2.12. The Morgan fingerprint density at radius 2 is 1.48 bits per heavy atom. The number of benzene rings is 2. The van der Waals surface area contributed by atoms with E-state index < -0.39 is 17.7 Å². The number of fused-ring (bicyclic) bond motifs is 4. The van der Waals surface area contributed by atoms with Crippen LogP contribution in [0.3, 0.4) is 0 Å². The molecule has 0 fully saturated rings. The number of hydrogen-bond acceptors (Lipinski definition) is 11. The number of allylic oxidation sites excluding steroid dienone is 2. The number of primary amides is 2. The Labute approximate surface area is 332 Å². The number of ether oxygens (including phenoxy) is 2. The van der Waals surface area contributed by atoms with Crippen molar-refractivity contribution >= 4 is 56.6 Å². The molecule has 2 aromatic carbocycles. The van der Waals surface area contributed by atoms with Gasteiger partial charge in [0, 0.05) is 54.3 Å². The fraction of sp³-hybridized carbons (Fsp3) is 0.300. The van der Waals surface area contributed by atoms with Crippen molar-refractivity contribution in [2.45, 2.75) is 60.3 Å². The third-order valence-corrected chi connectivity index (χ3v) is 9.69. The number of methoxy groups -OCH3 is 1. The third-order valence-electron chi connectivity index (χ3n) is 9.69. The highest BCUT2D eigenvalue weighted by Crippen LogP contribution is 2.37. The van der Waals surface area contributed by atoms with E-state index in [4.69, 9.17) is 41.6 Å². The van der Waals surface area contributed by atoms with Crippen LogP contribution >= 0.6 is 0 Å². The molecule has 0 unspecified atom stereocenters. The van der Waals surface area contributed by atoms with Crippen molar-refractivity contribution in [1.82, 2.24) is 43.6 Å². The minimum absolute atomic E-state index is 0.205. The van der Waals surface area contributed by atoms with Crippen LogP contribution in [0.5, 0.6) is 11.5 Å². The summed E-state index contributed by atoms with van der Waals surface area (Å²) in [5.41, 5.74) is 22.6. The van der Waals surface area contributed by atoms with Gasteiger partial charge in [-0.3, -0.25) is 29.1 Å². The summed E-state index contributed by atoms with van der Waals surface area (Å²) in [5.74, 6) is -0.161. The van der Waals surface area contributed by atoms with Crippen LogP contribution in [0.15, 0.2) is 54.7 Å². The van der Waals surface area contributed by atoms with Crippen molar-refractivity contribution in [3.8, 4) is 23.0 Å². The Kier molecular flexibility index (Phi) is 10.9. The van der Waals surface area contributed by atoms with Gasteiger partial charge in [-0.1, -0.05) is 12.2 Å². The van der Waals surface area contributed by atoms with Crippen LogP contribution in [0.1, 0.15) is 62.9 Å². The monoisotopic (exact) mass is 787 g/mol. The predicted molar refractivity (Wildman–Crippen MR) is 219 cm³/mol. The fourth-order valence-corrected chi connectivity index (χ4v) is 7.05. The van der Waals surface area contributed by atoms with Gasteiger partial charge in [-0.05, 0) is 77.1 Å². The van der Waals surface area contributed by atoms with E-state index in [0.717, 1.165) is 11.4 Å². The predicted octanol–water partition coefficient (Wildman–Crippen LogP) is 4.09. The smallest absolute Gasteiger partial charge is 0.276 e. The number of carbonyl (C=O) groups is 3. The van der Waals surface area contributed by atoms with Gasteiger partial charge in [0.25, 0.3) is 5.91 Å². The maximum Gasteiger partial charge on any atom is 0.276 e. The largest absolute Gasteiger partial charge is 0.494 e. The number of amides is 3. The Balaban J connectivity index is 1.34. The first kappa shape index (κ1) is 39.2. The fourth-order valence-electron chi connectivity index (χ4n) is 7.05. The molecule has 5 heterocycles. The summed E-state index contributed by atoms with van der Waals surface area (Å²) in [4.78, 5) is 52.9. The number of aryl methyl sites for hydroxylation is 4. The quantitative estimate of drug-likeness (QED) is 0.0803. The molecule has 7 aromatic rings. The van der Waals surface area contributed by atoms with Gasteiger partial charge in [-0.15, -0.1) is 0 Å². The Bertz CT molecular complexity index is 2750. The molecule has 0 spiro atoms. The molecule has 0 saturated heterocycles. The van der Waals surface area contributed by atoms with Gasteiger partial charge in [0.15, 0.2) is 5.82 Å². The summed E-state index contributed by atoms with van der Waals surface area (Å²) < 4.78 is 19.2. The highest BCUT2D eigenvalue weighted by molar-refractivity contribution is 6.12. The lowest BCUT2D eigenvalue weighted by molar-refractivity contribution is 0.0991. The average molecular weight is 788 g/mol. The van der Waals surface area contributed by atoms with Crippen molar-refractivity contribution in [2.75, 3.05) is 25.6 Å². The first-order valence-electron chi connectivity index (χ1n) is 18.8. The number of nitrogens with zero attached hydrogens (tertiary/aromatic N) is 9. The van der Waals surface area contributed by atoms with Crippen LogP contribution in [0.25, 0.3) is 44.5 Å². The van der Waals surface area contributed by atoms with Crippen LogP contribution in [-0.4, -0.2) is 81.6 Å². The topological polar surface area (TPSA) is 244 Å².